The highest BCUT2D eigenvalue weighted by Gasteiger charge is 2.28. The molecule has 0 amide bonds. The average molecular weight is 284 g/mol. The molecule has 104 valence electrons. The van der Waals surface area contributed by atoms with Crippen molar-refractivity contribution in [1.82, 2.24) is 0 Å². The van der Waals surface area contributed by atoms with E-state index < -0.39 is 15.8 Å². The quantitative estimate of drug-likeness (QED) is 0.597. The molecule has 19 heavy (non-hydrogen) atoms. The first-order valence-electron chi connectivity index (χ1n) is 6.11. The number of hydrogen-bond acceptors (Lipinski definition) is 5. The van der Waals surface area contributed by atoms with Gasteiger partial charge in [0.2, 0.25) is 0 Å². The average Bonchev–Trinajstić information content (AvgIpc) is 2.75. The third-order valence-corrected chi connectivity index (χ3v) is 4.61. The van der Waals surface area contributed by atoms with E-state index in [0.29, 0.717) is 12.0 Å². The van der Waals surface area contributed by atoms with Gasteiger partial charge in [-0.1, -0.05) is 18.2 Å². The molecule has 2 rings (SSSR count). The maximum absolute atomic E-state index is 11.6. The Morgan fingerprint density at radius 2 is 1.95 bits per heavy atom. The van der Waals surface area contributed by atoms with Gasteiger partial charge in [-0.3, -0.25) is 0 Å². The first kappa shape index (κ1) is 14.0. The first-order valence-corrected chi connectivity index (χ1v) is 7.93. The van der Waals surface area contributed by atoms with Crippen LogP contribution in [0.3, 0.4) is 0 Å². The smallest absolute Gasteiger partial charge is 0.338 e. The Labute approximate surface area is 112 Å². The molecular weight excluding hydrogens is 268 g/mol. The second-order valence-electron chi connectivity index (χ2n) is 4.40. The molecule has 1 heterocycles. The highest BCUT2D eigenvalue weighted by Crippen LogP contribution is 2.14. The summed E-state index contributed by atoms with van der Waals surface area (Å²) < 4.78 is 32.8. The van der Waals surface area contributed by atoms with E-state index >= 15 is 0 Å². The monoisotopic (exact) mass is 284 g/mol. The molecule has 5 nitrogen and oxygen atoms in total. The van der Waals surface area contributed by atoms with Gasteiger partial charge in [-0.15, -0.1) is 0 Å². The molecule has 1 saturated heterocycles. The molecule has 0 saturated carbocycles. The van der Waals surface area contributed by atoms with Gasteiger partial charge in [0, 0.05) is 0 Å². The van der Waals surface area contributed by atoms with Crippen molar-refractivity contribution in [2.45, 2.75) is 12.5 Å². The van der Waals surface area contributed by atoms with Gasteiger partial charge in [0.25, 0.3) is 0 Å². The molecule has 1 aliphatic heterocycles. The van der Waals surface area contributed by atoms with Crippen LogP contribution < -0.4 is 0 Å². The van der Waals surface area contributed by atoms with Gasteiger partial charge < -0.3 is 9.47 Å². The molecule has 0 aromatic heterocycles. The Balaban J connectivity index is 1.66. The summed E-state index contributed by atoms with van der Waals surface area (Å²) in [6, 6.07) is 8.69. The van der Waals surface area contributed by atoms with Crippen molar-refractivity contribution in [1.29, 1.82) is 0 Å². The van der Waals surface area contributed by atoms with Gasteiger partial charge in [0.05, 0.1) is 29.8 Å². The van der Waals surface area contributed by atoms with Gasteiger partial charge in [-0.25, -0.2) is 13.2 Å². The summed E-state index contributed by atoms with van der Waals surface area (Å²) in [6.07, 6.45) is 0.259. The van der Waals surface area contributed by atoms with Gasteiger partial charge >= 0.3 is 5.97 Å². The molecule has 6 heteroatoms. The Morgan fingerprint density at radius 3 is 2.58 bits per heavy atom. The van der Waals surface area contributed by atoms with Gasteiger partial charge in [0.15, 0.2) is 9.84 Å². The molecule has 0 N–H and O–H groups in total. The fourth-order valence-corrected chi connectivity index (χ4v) is 3.52. The van der Waals surface area contributed by atoms with Crippen molar-refractivity contribution in [3.05, 3.63) is 35.9 Å². The Kier molecular flexibility index (Phi) is 4.55. The lowest BCUT2D eigenvalue weighted by Crippen LogP contribution is -2.18. The molecule has 0 unspecified atom stereocenters. The molecule has 1 atom stereocenters. The van der Waals surface area contributed by atoms with Gasteiger partial charge in [-0.05, 0) is 18.6 Å². The van der Waals surface area contributed by atoms with Crippen molar-refractivity contribution in [3.8, 4) is 0 Å². The summed E-state index contributed by atoms with van der Waals surface area (Å²) in [6.45, 7) is 0.350. The number of ether oxygens (including phenoxy) is 2. The maximum Gasteiger partial charge on any atom is 0.338 e. The largest absolute Gasteiger partial charge is 0.460 e. The topological polar surface area (TPSA) is 69.7 Å². The van der Waals surface area contributed by atoms with Crippen LogP contribution in [0.5, 0.6) is 0 Å². The third-order valence-electron chi connectivity index (χ3n) is 2.87. The fraction of sp³-hybridized carbons (Fsp3) is 0.462. The summed E-state index contributed by atoms with van der Waals surface area (Å²) >= 11 is 0. The van der Waals surface area contributed by atoms with Crippen LogP contribution in [-0.4, -0.2) is 45.2 Å². The van der Waals surface area contributed by atoms with E-state index in [9.17, 15) is 13.2 Å². The van der Waals surface area contributed by atoms with Crippen LogP contribution in [0.15, 0.2) is 30.3 Å². The number of benzene rings is 1. The number of rotatable bonds is 5. The summed E-state index contributed by atoms with van der Waals surface area (Å²) in [5, 5.41) is 0. The molecule has 0 radical (unpaired) electrons. The summed E-state index contributed by atoms with van der Waals surface area (Å²) in [5.41, 5.74) is 0.492. The van der Waals surface area contributed by atoms with Crippen molar-refractivity contribution in [2.75, 3.05) is 24.7 Å². The Bertz CT molecular complexity index is 523. The van der Waals surface area contributed by atoms with Crippen LogP contribution in [0.4, 0.5) is 0 Å². The molecule has 0 bridgehead atoms. The molecule has 1 aliphatic rings. The number of sulfone groups is 1. The molecule has 0 spiro atoms. The minimum absolute atomic E-state index is 0.0691. The standard InChI is InChI=1S/C13H16O5S/c14-13(11-4-2-1-3-5-11)18-8-7-17-12-6-9-19(15,16)10-12/h1-5,12H,6-10H2/t12-/m1/s1. The van der Waals surface area contributed by atoms with E-state index in [4.69, 9.17) is 9.47 Å². The van der Waals surface area contributed by atoms with E-state index in [1.54, 1.807) is 24.3 Å². The van der Waals surface area contributed by atoms with E-state index in [-0.39, 0.29) is 30.8 Å². The minimum atomic E-state index is -2.92. The van der Waals surface area contributed by atoms with E-state index in [2.05, 4.69) is 0 Å². The SMILES string of the molecule is O=C(OCCO[C@@H]1CCS(=O)(=O)C1)c1ccccc1. The fourth-order valence-electron chi connectivity index (χ4n) is 1.90. The number of hydrogen-bond donors (Lipinski definition) is 0. The number of carbonyl (C=O) groups is 1. The highest BCUT2D eigenvalue weighted by atomic mass is 32.2. The number of esters is 1. The zero-order chi connectivity index (χ0) is 13.7. The van der Waals surface area contributed by atoms with Crippen molar-refractivity contribution >= 4 is 15.8 Å². The maximum atomic E-state index is 11.6. The zero-order valence-electron chi connectivity index (χ0n) is 10.4. The predicted molar refractivity (Wildman–Crippen MR) is 69.7 cm³/mol. The van der Waals surface area contributed by atoms with E-state index in [1.807, 2.05) is 6.07 Å². The second-order valence-corrected chi connectivity index (χ2v) is 6.63. The van der Waals surface area contributed by atoms with Crippen LogP contribution in [-0.2, 0) is 19.3 Å². The van der Waals surface area contributed by atoms with Gasteiger partial charge in [0.1, 0.15) is 6.61 Å². The predicted octanol–water partition coefficient (Wildman–Crippen LogP) is 1.05. The van der Waals surface area contributed by atoms with Crippen LogP contribution in [0.1, 0.15) is 16.8 Å². The summed E-state index contributed by atoms with van der Waals surface area (Å²) in [5.74, 6) is -0.149. The van der Waals surface area contributed by atoms with E-state index in [1.165, 1.54) is 0 Å². The van der Waals surface area contributed by atoms with Crippen molar-refractivity contribution in [3.63, 3.8) is 0 Å². The van der Waals surface area contributed by atoms with Crippen LogP contribution >= 0.6 is 0 Å². The number of carbonyl (C=O) groups excluding carboxylic acids is 1. The Hall–Kier alpha value is -1.40. The van der Waals surface area contributed by atoms with Crippen LogP contribution in [0.25, 0.3) is 0 Å². The summed E-state index contributed by atoms with van der Waals surface area (Å²) in [4.78, 5) is 11.6. The Morgan fingerprint density at radius 1 is 1.21 bits per heavy atom. The van der Waals surface area contributed by atoms with Crippen LogP contribution in [0, 0.1) is 0 Å². The first-order chi connectivity index (χ1) is 9.07. The molecule has 1 aromatic rings. The van der Waals surface area contributed by atoms with Crippen molar-refractivity contribution < 1.29 is 22.7 Å². The normalized spacial score (nSPS) is 21.2. The lowest BCUT2D eigenvalue weighted by Gasteiger charge is -2.10. The lowest BCUT2D eigenvalue weighted by molar-refractivity contribution is 0.0150. The third kappa shape index (κ3) is 4.33. The molecule has 0 aliphatic carbocycles. The van der Waals surface area contributed by atoms with Crippen molar-refractivity contribution in [2.24, 2.45) is 0 Å². The van der Waals surface area contributed by atoms with E-state index in [0.717, 1.165) is 0 Å². The molecule has 1 fully saturated rings. The minimum Gasteiger partial charge on any atom is -0.460 e. The van der Waals surface area contributed by atoms with Gasteiger partial charge in [-0.2, -0.15) is 0 Å². The summed E-state index contributed by atoms with van der Waals surface area (Å²) in [7, 11) is -2.92. The zero-order valence-corrected chi connectivity index (χ0v) is 11.3. The van der Waals surface area contributed by atoms with Crippen LogP contribution in [0.2, 0.25) is 0 Å². The molecule has 1 aromatic carbocycles. The second kappa shape index (κ2) is 6.16. The highest BCUT2D eigenvalue weighted by molar-refractivity contribution is 7.91. The lowest BCUT2D eigenvalue weighted by atomic mass is 10.2. The molecular formula is C13H16O5S.